The molecule has 0 radical (unpaired) electrons. The number of hydrogen-bond donors (Lipinski definition) is 1. The number of aromatic nitrogens is 2. The van der Waals surface area contributed by atoms with Crippen LogP contribution in [0.5, 0.6) is 0 Å². The summed E-state index contributed by atoms with van der Waals surface area (Å²) in [5.41, 5.74) is 2.72. The van der Waals surface area contributed by atoms with Gasteiger partial charge in [0.2, 0.25) is 5.95 Å². The van der Waals surface area contributed by atoms with E-state index >= 15 is 0 Å². The lowest BCUT2D eigenvalue weighted by Crippen LogP contribution is -2.32. The average Bonchev–Trinajstić information content (AvgIpc) is 3.36. The Balaban J connectivity index is 1.43. The summed E-state index contributed by atoms with van der Waals surface area (Å²) < 4.78 is 0. The maximum Gasteiger partial charge on any atom is 0.251 e. The van der Waals surface area contributed by atoms with Crippen LogP contribution in [0.3, 0.4) is 0 Å². The summed E-state index contributed by atoms with van der Waals surface area (Å²) in [5, 5.41) is 3.12. The predicted octanol–water partition coefficient (Wildman–Crippen LogP) is 3.42. The monoisotopic (exact) mass is 336 g/mol. The van der Waals surface area contributed by atoms with Gasteiger partial charge >= 0.3 is 0 Å². The van der Waals surface area contributed by atoms with E-state index in [1.54, 1.807) is 0 Å². The first-order chi connectivity index (χ1) is 12.3. The van der Waals surface area contributed by atoms with Gasteiger partial charge < -0.3 is 10.2 Å². The number of nitrogens with zero attached hydrogens (tertiary/aromatic N) is 3. The Morgan fingerprint density at radius 2 is 1.56 bits per heavy atom. The molecule has 2 aromatic rings. The minimum atomic E-state index is 0.0269. The fourth-order valence-corrected chi connectivity index (χ4v) is 3.70. The smallest absolute Gasteiger partial charge is 0.251 e. The van der Waals surface area contributed by atoms with Crippen molar-refractivity contribution in [1.82, 2.24) is 15.3 Å². The van der Waals surface area contributed by atoms with Crippen LogP contribution in [0.25, 0.3) is 11.1 Å². The molecule has 0 unspecified atom stereocenters. The zero-order valence-electron chi connectivity index (χ0n) is 14.4. The molecule has 0 bridgehead atoms. The number of benzene rings is 1. The van der Waals surface area contributed by atoms with E-state index in [0.29, 0.717) is 11.6 Å². The van der Waals surface area contributed by atoms with Crippen LogP contribution in [0.4, 0.5) is 5.95 Å². The third kappa shape index (κ3) is 3.65. The second kappa shape index (κ2) is 7.21. The van der Waals surface area contributed by atoms with Gasteiger partial charge in [0.15, 0.2) is 0 Å². The van der Waals surface area contributed by atoms with Crippen LogP contribution in [0.1, 0.15) is 48.9 Å². The standard InChI is InChI=1S/C20H24N4O/c25-19(23-18-5-1-2-6-18)16-9-7-15(8-10-16)17-13-21-20(22-14-17)24-11-3-4-12-24/h7-10,13-14,18H,1-6,11-12H2,(H,23,25). The molecule has 1 saturated heterocycles. The lowest BCUT2D eigenvalue weighted by molar-refractivity contribution is 0.0938. The highest BCUT2D eigenvalue weighted by atomic mass is 16.1. The summed E-state index contributed by atoms with van der Waals surface area (Å²) in [6.45, 7) is 2.09. The topological polar surface area (TPSA) is 58.1 Å². The normalized spacial score (nSPS) is 17.8. The van der Waals surface area contributed by atoms with Gasteiger partial charge in [-0.3, -0.25) is 4.79 Å². The molecule has 0 atom stereocenters. The van der Waals surface area contributed by atoms with Crippen LogP contribution in [-0.4, -0.2) is 35.0 Å². The van der Waals surface area contributed by atoms with Crippen LogP contribution >= 0.6 is 0 Å². The number of carbonyl (C=O) groups excluding carboxylic acids is 1. The number of nitrogens with one attached hydrogen (secondary N) is 1. The van der Waals surface area contributed by atoms with Gasteiger partial charge in [-0.05, 0) is 43.4 Å². The van der Waals surface area contributed by atoms with Crippen molar-refractivity contribution in [2.24, 2.45) is 0 Å². The highest BCUT2D eigenvalue weighted by molar-refractivity contribution is 5.94. The highest BCUT2D eigenvalue weighted by Crippen LogP contribution is 2.22. The largest absolute Gasteiger partial charge is 0.349 e. The second-order valence-corrected chi connectivity index (χ2v) is 7.00. The Labute approximate surface area is 148 Å². The Morgan fingerprint density at radius 3 is 2.20 bits per heavy atom. The van der Waals surface area contributed by atoms with Crippen LogP contribution in [0.2, 0.25) is 0 Å². The Hall–Kier alpha value is -2.43. The molecule has 25 heavy (non-hydrogen) atoms. The van der Waals surface area contributed by atoms with Gasteiger partial charge in [0.25, 0.3) is 5.91 Å². The van der Waals surface area contributed by atoms with Crippen LogP contribution in [-0.2, 0) is 0 Å². The van der Waals surface area contributed by atoms with Crippen molar-refractivity contribution < 1.29 is 4.79 Å². The fourth-order valence-electron chi connectivity index (χ4n) is 3.70. The number of amides is 1. The fraction of sp³-hybridized carbons (Fsp3) is 0.450. The lowest BCUT2D eigenvalue weighted by atomic mass is 10.1. The van der Waals surface area contributed by atoms with E-state index in [9.17, 15) is 4.79 Å². The third-order valence-electron chi connectivity index (χ3n) is 5.20. The number of anilines is 1. The molecule has 130 valence electrons. The van der Waals surface area contributed by atoms with E-state index in [4.69, 9.17) is 0 Å². The molecule has 1 amide bonds. The Morgan fingerprint density at radius 1 is 0.920 bits per heavy atom. The van der Waals surface area contributed by atoms with Crippen molar-refractivity contribution in [2.75, 3.05) is 18.0 Å². The third-order valence-corrected chi connectivity index (χ3v) is 5.20. The molecule has 1 N–H and O–H groups in total. The van der Waals surface area contributed by atoms with Crippen molar-refractivity contribution in [3.8, 4) is 11.1 Å². The molecule has 1 aliphatic carbocycles. The summed E-state index contributed by atoms with van der Waals surface area (Å²) >= 11 is 0. The molecule has 0 spiro atoms. The van der Waals surface area contributed by atoms with Gasteiger partial charge in [0.05, 0.1) is 0 Å². The quantitative estimate of drug-likeness (QED) is 0.929. The molecule has 2 heterocycles. The minimum absolute atomic E-state index is 0.0269. The van der Waals surface area contributed by atoms with Crippen molar-refractivity contribution in [1.29, 1.82) is 0 Å². The van der Waals surface area contributed by atoms with Crippen molar-refractivity contribution >= 4 is 11.9 Å². The van der Waals surface area contributed by atoms with Crippen molar-refractivity contribution in [3.05, 3.63) is 42.2 Å². The molecule has 1 aromatic heterocycles. The van der Waals surface area contributed by atoms with E-state index in [2.05, 4.69) is 20.2 Å². The average molecular weight is 336 g/mol. The Bertz CT molecular complexity index is 714. The zero-order valence-corrected chi connectivity index (χ0v) is 14.4. The first-order valence-corrected chi connectivity index (χ1v) is 9.28. The summed E-state index contributed by atoms with van der Waals surface area (Å²) in [4.78, 5) is 23.5. The highest BCUT2D eigenvalue weighted by Gasteiger charge is 2.18. The van der Waals surface area contributed by atoms with Gasteiger partial charge in [-0.15, -0.1) is 0 Å². The first kappa shape index (κ1) is 16.1. The van der Waals surface area contributed by atoms with Crippen LogP contribution in [0, 0.1) is 0 Å². The maximum absolute atomic E-state index is 12.3. The SMILES string of the molecule is O=C(NC1CCCC1)c1ccc(-c2cnc(N3CCCC3)nc2)cc1. The molecule has 1 saturated carbocycles. The second-order valence-electron chi connectivity index (χ2n) is 7.00. The first-order valence-electron chi connectivity index (χ1n) is 9.28. The van der Waals surface area contributed by atoms with Gasteiger partial charge in [-0.1, -0.05) is 25.0 Å². The van der Waals surface area contributed by atoms with Gasteiger partial charge in [-0.25, -0.2) is 9.97 Å². The maximum atomic E-state index is 12.3. The lowest BCUT2D eigenvalue weighted by Gasteiger charge is -2.15. The molecule has 5 nitrogen and oxygen atoms in total. The van der Waals surface area contributed by atoms with Gasteiger partial charge in [0.1, 0.15) is 0 Å². The van der Waals surface area contributed by atoms with E-state index in [0.717, 1.165) is 43.0 Å². The van der Waals surface area contributed by atoms with E-state index in [1.807, 2.05) is 36.7 Å². The van der Waals surface area contributed by atoms with E-state index < -0.39 is 0 Å². The summed E-state index contributed by atoms with van der Waals surface area (Å²) in [7, 11) is 0. The zero-order chi connectivity index (χ0) is 17.1. The van der Waals surface area contributed by atoms with Crippen molar-refractivity contribution in [3.63, 3.8) is 0 Å². The molecular weight excluding hydrogens is 312 g/mol. The molecular formula is C20H24N4O. The molecule has 2 fully saturated rings. The van der Waals surface area contributed by atoms with Crippen molar-refractivity contribution in [2.45, 2.75) is 44.6 Å². The number of rotatable bonds is 4. The summed E-state index contributed by atoms with van der Waals surface area (Å²) in [6, 6.07) is 8.05. The number of carbonyl (C=O) groups is 1. The van der Waals surface area contributed by atoms with E-state index in [1.165, 1.54) is 25.7 Å². The number of hydrogen-bond acceptors (Lipinski definition) is 4. The molecule has 2 aliphatic rings. The molecule has 1 aromatic carbocycles. The van der Waals surface area contributed by atoms with Crippen LogP contribution < -0.4 is 10.2 Å². The van der Waals surface area contributed by atoms with Gasteiger partial charge in [0, 0.05) is 42.7 Å². The Kier molecular flexibility index (Phi) is 4.63. The summed E-state index contributed by atoms with van der Waals surface area (Å²) in [6.07, 6.45) is 10.8. The summed E-state index contributed by atoms with van der Waals surface area (Å²) in [5.74, 6) is 0.841. The van der Waals surface area contributed by atoms with E-state index in [-0.39, 0.29) is 5.91 Å². The van der Waals surface area contributed by atoms with Gasteiger partial charge in [-0.2, -0.15) is 0 Å². The molecule has 4 rings (SSSR count). The molecule has 1 aliphatic heterocycles. The van der Waals surface area contributed by atoms with Crippen LogP contribution in [0.15, 0.2) is 36.7 Å². The predicted molar refractivity (Wildman–Crippen MR) is 98.6 cm³/mol. The minimum Gasteiger partial charge on any atom is -0.349 e. The molecule has 5 heteroatoms.